The van der Waals surface area contributed by atoms with Crippen LogP contribution in [0.3, 0.4) is 0 Å². The lowest BCUT2D eigenvalue weighted by Crippen LogP contribution is -2.46. The van der Waals surface area contributed by atoms with Crippen molar-refractivity contribution in [3.05, 3.63) is 36.0 Å². The van der Waals surface area contributed by atoms with Crippen LogP contribution in [0.25, 0.3) is 10.9 Å². The number of nitrogens with zero attached hydrogens (tertiary/aromatic N) is 1. The van der Waals surface area contributed by atoms with Crippen molar-refractivity contribution in [2.24, 2.45) is 5.73 Å². The van der Waals surface area contributed by atoms with Crippen LogP contribution < -0.4 is 5.73 Å². The Hall–Kier alpha value is -2.34. The zero-order valence-electron chi connectivity index (χ0n) is 10.5. The number of carboxylic acids is 1. The number of aliphatic carboxylic acids is 1. The molecule has 2 aromatic rings. The Morgan fingerprint density at radius 3 is 2.79 bits per heavy atom. The number of hydrogen-bond donors (Lipinski definition) is 3. The highest BCUT2D eigenvalue weighted by atomic mass is 16.4. The summed E-state index contributed by atoms with van der Waals surface area (Å²) in [5, 5.41) is 9.73. The van der Waals surface area contributed by atoms with Crippen LogP contribution >= 0.6 is 0 Å². The minimum Gasteiger partial charge on any atom is -0.480 e. The largest absolute Gasteiger partial charge is 0.480 e. The molecule has 19 heavy (non-hydrogen) atoms. The predicted molar refractivity (Wildman–Crippen MR) is 70.4 cm³/mol. The second kappa shape index (κ2) is 5.11. The average Bonchev–Trinajstić information content (AvgIpc) is 2.80. The number of amides is 1. The van der Waals surface area contributed by atoms with Gasteiger partial charge in [0.2, 0.25) is 0 Å². The smallest absolute Gasteiger partial charge is 0.330 e. The lowest BCUT2D eigenvalue weighted by atomic mass is 10.1. The fourth-order valence-corrected chi connectivity index (χ4v) is 1.94. The molecule has 0 fully saturated rings. The molecule has 1 aromatic carbocycles. The van der Waals surface area contributed by atoms with Crippen LogP contribution in [0, 0.1) is 0 Å². The van der Waals surface area contributed by atoms with Crippen molar-refractivity contribution < 1.29 is 14.7 Å². The van der Waals surface area contributed by atoms with E-state index in [1.807, 2.05) is 24.3 Å². The fraction of sp³-hybridized carbons (Fsp3) is 0.231. The number of nitrogens with one attached hydrogen (secondary N) is 1. The van der Waals surface area contributed by atoms with Crippen molar-refractivity contribution in [3.63, 3.8) is 0 Å². The van der Waals surface area contributed by atoms with Gasteiger partial charge in [0.15, 0.2) is 6.04 Å². The van der Waals surface area contributed by atoms with Gasteiger partial charge in [-0.2, -0.15) is 0 Å². The normalized spacial score (nSPS) is 12.3. The van der Waals surface area contributed by atoms with E-state index in [0.29, 0.717) is 6.54 Å². The predicted octanol–water partition coefficient (Wildman–Crippen LogP) is 0.538. The lowest BCUT2D eigenvalue weighted by Gasteiger charge is -2.18. The van der Waals surface area contributed by atoms with Gasteiger partial charge in [-0.05, 0) is 11.6 Å². The molecule has 1 aromatic heterocycles. The van der Waals surface area contributed by atoms with Crippen molar-refractivity contribution in [2.75, 3.05) is 7.05 Å². The van der Waals surface area contributed by atoms with Gasteiger partial charge >= 0.3 is 5.97 Å². The van der Waals surface area contributed by atoms with Gasteiger partial charge in [-0.15, -0.1) is 0 Å². The number of hydrogen-bond acceptors (Lipinski definition) is 3. The Labute approximate surface area is 109 Å². The van der Waals surface area contributed by atoms with Gasteiger partial charge in [-0.3, -0.25) is 4.79 Å². The summed E-state index contributed by atoms with van der Waals surface area (Å²) in [6.45, 7) is 0.309. The summed E-state index contributed by atoms with van der Waals surface area (Å²) in [6.07, 6.45) is 1.81. The van der Waals surface area contributed by atoms with Crippen LogP contribution in [0.5, 0.6) is 0 Å². The molecule has 4 N–H and O–H groups in total. The Bertz CT molecular complexity index is 620. The first-order chi connectivity index (χ1) is 9.00. The molecule has 1 unspecified atom stereocenters. The Morgan fingerprint density at radius 1 is 1.42 bits per heavy atom. The molecule has 0 saturated carbocycles. The number of aromatic amines is 1. The zero-order chi connectivity index (χ0) is 14.0. The summed E-state index contributed by atoms with van der Waals surface area (Å²) in [6, 6.07) is 6.18. The number of para-hydroxylation sites is 1. The van der Waals surface area contributed by atoms with Crippen LogP contribution in [0.15, 0.2) is 30.5 Å². The number of likely N-dealkylation sites (N-methyl/N-ethyl adjacent to an activating group) is 1. The third kappa shape index (κ3) is 2.58. The standard InChI is InChI=1S/C13H15N3O3/c1-16(12(17)11(14)13(18)19)7-8-6-15-10-5-3-2-4-9(8)10/h2-6,11,15H,7,14H2,1H3,(H,18,19). The van der Waals surface area contributed by atoms with Gasteiger partial charge in [0.05, 0.1) is 0 Å². The number of aromatic nitrogens is 1. The molecule has 0 bridgehead atoms. The molecule has 100 valence electrons. The Morgan fingerprint density at radius 2 is 2.11 bits per heavy atom. The maximum absolute atomic E-state index is 11.8. The van der Waals surface area contributed by atoms with Crippen LogP contribution in [-0.4, -0.2) is 40.0 Å². The van der Waals surface area contributed by atoms with Crippen molar-refractivity contribution >= 4 is 22.8 Å². The summed E-state index contributed by atoms with van der Waals surface area (Å²) in [5.41, 5.74) is 7.20. The first-order valence-electron chi connectivity index (χ1n) is 5.79. The number of carbonyl (C=O) groups is 2. The van der Waals surface area contributed by atoms with E-state index in [9.17, 15) is 9.59 Å². The third-order valence-corrected chi connectivity index (χ3v) is 2.99. The Balaban J connectivity index is 2.17. The number of carbonyl (C=O) groups excluding carboxylic acids is 1. The molecule has 0 saturated heterocycles. The van der Waals surface area contributed by atoms with E-state index in [2.05, 4.69) is 4.98 Å². The molecule has 0 aliphatic carbocycles. The average molecular weight is 261 g/mol. The lowest BCUT2D eigenvalue weighted by molar-refractivity contribution is -0.146. The third-order valence-electron chi connectivity index (χ3n) is 2.99. The molecule has 6 heteroatoms. The quantitative estimate of drug-likeness (QED) is 0.699. The number of H-pyrrole nitrogens is 1. The van der Waals surface area contributed by atoms with Gasteiger partial charge in [0.25, 0.3) is 5.91 Å². The number of rotatable bonds is 4. The van der Waals surface area contributed by atoms with Gasteiger partial charge in [0, 0.05) is 30.7 Å². The number of nitrogens with two attached hydrogens (primary N) is 1. The van der Waals surface area contributed by atoms with Crippen molar-refractivity contribution in [3.8, 4) is 0 Å². The van der Waals surface area contributed by atoms with Crippen molar-refractivity contribution in [1.82, 2.24) is 9.88 Å². The van der Waals surface area contributed by atoms with E-state index in [1.165, 1.54) is 11.9 Å². The number of fused-ring (bicyclic) bond motifs is 1. The van der Waals surface area contributed by atoms with E-state index in [4.69, 9.17) is 10.8 Å². The summed E-state index contributed by atoms with van der Waals surface area (Å²) in [7, 11) is 1.53. The van der Waals surface area contributed by atoms with E-state index in [0.717, 1.165) is 16.5 Å². The van der Waals surface area contributed by atoms with Gasteiger partial charge < -0.3 is 20.7 Å². The van der Waals surface area contributed by atoms with Gasteiger partial charge in [0.1, 0.15) is 0 Å². The highest BCUT2D eigenvalue weighted by Gasteiger charge is 2.24. The first kappa shape index (κ1) is 13.1. The summed E-state index contributed by atoms with van der Waals surface area (Å²) in [5.74, 6) is -1.94. The van der Waals surface area contributed by atoms with E-state index >= 15 is 0 Å². The van der Waals surface area contributed by atoms with Gasteiger partial charge in [-0.25, -0.2) is 4.79 Å². The minimum atomic E-state index is -1.52. The highest BCUT2D eigenvalue weighted by molar-refractivity contribution is 6.00. The SMILES string of the molecule is CN(Cc1c[nH]c2ccccc12)C(=O)C(N)C(=O)O. The summed E-state index contributed by atoms with van der Waals surface area (Å²) < 4.78 is 0. The molecule has 0 aliphatic heterocycles. The molecule has 1 atom stereocenters. The molecule has 0 aliphatic rings. The van der Waals surface area contributed by atoms with E-state index in [1.54, 1.807) is 6.20 Å². The molecule has 1 heterocycles. The molecular weight excluding hydrogens is 246 g/mol. The van der Waals surface area contributed by atoms with Crippen molar-refractivity contribution in [2.45, 2.75) is 12.6 Å². The maximum atomic E-state index is 11.8. The Kier molecular flexibility index (Phi) is 3.52. The number of carboxylic acid groups (broad SMARTS) is 1. The van der Waals surface area contributed by atoms with Crippen LogP contribution in [0.4, 0.5) is 0 Å². The monoisotopic (exact) mass is 261 g/mol. The molecule has 0 spiro atoms. The maximum Gasteiger partial charge on any atom is 0.330 e. The van der Waals surface area contributed by atoms with Crippen LogP contribution in [0.1, 0.15) is 5.56 Å². The van der Waals surface area contributed by atoms with Crippen LogP contribution in [0.2, 0.25) is 0 Å². The molecular formula is C13H15N3O3. The zero-order valence-corrected chi connectivity index (χ0v) is 10.5. The second-order valence-corrected chi connectivity index (χ2v) is 4.37. The van der Waals surface area contributed by atoms with E-state index < -0.39 is 17.9 Å². The summed E-state index contributed by atoms with van der Waals surface area (Å²) in [4.78, 5) is 26.9. The van der Waals surface area contributed by atoms with E-state index in [-0.39, 0.29) is 0 Å². The second-order valence-electron chi connectivity index (χ2n) is 4.37. The molecule has 6 nitrogen and oxygen atoms in total. The molecule has 1 amide bonds. The molecule has 2 rings (SSSR count). The summed E-state index contributed by atoms with van der Waals surface area (Å²) >= 11 is 0. The molecule has 0 radical (unpaired) electrons. The minimum absolute atomic E-state index is 0.309. The van der Waals surface area contributed by atoms with Crippen LogP contribution in [-0.2, 0) is 16.1 Å². The topological polar surface area (TPSA) is 99.4 Å². The van der Waals surface area contributed by atoms with Gasteiger partial charge in [-0.1, -0.05) is 18.2 Å². The first-order valence-corrected chi connectivity index (χ1v) is 5.79. The number of benzene rings is 1. The van der Waals surface area contributed by atoms with Crippen molar-refractivity contribution in [1.29, 1.82) is 0 Å². The highest BCUT2D eigenvalue weighted by Crippen LogP contribution is 2.18. The fourth-order valence-electron chi connectivity index (χ4n) is 1.94.